The fraction of sp³-hybridized carbons (Fsp3) is 0.300. The van der Waals surface area contributed by atoms with Crippen LogP contribution in [0.25, 0.3) is 0 Å². The Hall–Kier alpha value is -4.57. The van der Waals surface area contributed by atoms with Gasteiger partial charge in [0, 0.05) is 60.3 Å². The predicted octanol–water partition coefficient (Wildman–Crippen LogP) is 4.03. The van der Waals surface area contributed by atoms with Gasteiger partial charge in [0.25, 0.3) is 11.8 Å². The third kappa shape index (κ3) is 7.64. The number of halogens is 3. The number of hydrogen-bond donors (Lipinski definition) is 2. The van der Waals surface area contributed by atoms with Crippen molar-refractivity contribution in [2.24, 2.45) is 0 Å². The van der Waals surface area contributed by atoms with Gasteiger partial charge in [-0.15, -0.1) is 0 Å². The molecule has 0 bridgehead atoms. The number of benzene rings is 2. The number of carbonyl (C=O) groups is 2. The number of aromatic hydroxyl groups is 1. The van der Waals surface area contributed by atoms with E-state index in [0.717, 1.165) is 17.8 Å². The summed E-state index contributed by atoms with van der Waals surface area (Å²) in [5.74, 6) is 3.81. The molecule has 43 heavy (non-hydrogen) atoms. The molecule has 3 aromatic rings. The number of nitrogens with zero attached hydrogens (tertiary/aromatic N) is 3. The van der Waals surface area contributed by atoms with E-state index in [0.29, 0.717) is 18.7 Å². The Labute approximate surface area is 247 Å². The summed E-state index contributed by atoms with van der Waals surface area (Å²) in [6, 6.07) is 10.6. The highest BCUT2D eigenvalue weighted by Gasteiger charge is 2.33. The van der Waals surface area contributed by atoms with E-state index in [1.165, 1.54) is 62.3 Å². The van der Waals surface area contributed by atoms with Crippen molar-refractivity contribution < 1.29 is 36.3 Å². The van der Waals surface area contributed by atoms with Crippen LogP contribution in [-0.2, 0) is 16.2 Å². The molecular formula is C30H29F3N4O5S. The van der Waals surface area contributed by atoms with E-state index >= 15 is 0 Å². The number of piperazine rings is 1. The van der Waals surface area contributed by atoms with Gasteiger partial charge >= 0.3 is 6.18 Å². The Bertz CT molecular complexity index is 1700. The van der Waals surface area contributed by atoms with Crippen molar-refractivity contribution in [2.75, 3.05) is 31.1 Å². The molecule has 2 aromatic carbocycles. The molecule has 0 unspecified atom stereocenters. The molecule has 2 amide bonds. The second-order valence-corrected chi connectivity index (χ2v) is 13.3. The highest BCUT2D eigenvalue weighted by atomic mass is 32.2. The lowest BCUT2D eigenvalue weighted by Gasteiger charge is -2.36. The van der Waals surface area contributed by atoms with E-state index in [4.69, 9.17) is 0 Å². The van der Waals surface area contributed by atoms with Gasteiger partial charge in [0.05, 0.1) is 16.5 Å². The summed E-state index contributed by atoms with van der Waals surface area (Å²) in [6.45, 7) is 5.67. The lowest BCUT2D eigenvalue weighted by molar-refractivity contribution is -0.137. The first-order valence-electron chi connectivity index (χ1n) is 13.1. The van der Waals surface area contributed by atoms with Crippen molar-refractivity contribution in [3.05, 3.63) is 88.7 Å². The number of alkyl halides is 3. The fourth-order valence-corrected chi connectivity index (χ4v) is 4.80. The first-order valence-corrected chi connectivity index (χ1v) is 14.6. The van der Waals surface area contributed by atoms with Crippen LogP contribution in [0.4, 0.5) is 18.9 Å². The van der Waals surface area contributed by atoms with Crippen molar-refractivity contribution in [3.63, 3.8) is 0 Å². The summed E-state index contributed by atoms with van der Waals surface area (Å²) >= 11 is 0. The second kappa shape index (κ2) is 12.0. The number of aromatic nitrogens is 1. The molecule has 0 aliphatic carbocycles. The van der Waals surface area contributed by atoms with Crippen LogP contribution in [0.3, 0.4) is 0 Å². The number of sulfonamides is 1. The summed E-state index contributed by atoms with van der Waals surface area (Å²) in [5, 5.41) is 9.54. The van der Waals surface area contributed by atoms with Crippen LogP contribution in [0.15, 0.2) is 60.9 Å². The van der Waals surface area contributed by atoms with Crippen molar-refractivity contribution >= 4 is 27.5 Å². The zero-order valence-electron chi connectivity index (χ0n) is 23.6. The standard InChI is InChI=1S/C30H29F3N4O5S/c1-29(2,3)43(41,42)35-27(39)22-6-8-25(9-7-22)36-10-12-37(13-11-36)28(40)23-14-20(15-24(17-23)30(31,32)33)4-5-21-16-26(38)19-34-18-21/h6-9,14-19,38H,10-13H2,1-3H3,(H,35,39). The van der Waals surface area contributed by atoms with Crippen LogP contribution < -0.4 is 9.62 Å². The monoisotopic (exact) mass is 614 g/mol. The van der Waals surface area contributed by atoms with E-state index in [1.54, 1.807) is 12.1 Å². The van der Waals surface area contributed by atoms with Gasteiger partial charge < -0.3 is 14.9 Å². The smallest absolute Gasteiger partial charge is 0.416 e. The molecule has 2 N–H and O–H groups in total. The number of carbonyl (C=O) groups excluding carboxylic acids is 2. The Kier molecular flexibility index (Phi) is 8.73. The number of nitrogens with one attached hydrogen (secondary N) is 1. The molecular weight excluding hydrogens is 585 g/mol. The van der Waals surface area contributed by atoms with Crippen LogP contribution in [0.5, 0.6) is 5.75 Å². The van der Waals surface area contributed by atoms with Gasteiger partial charge in [-0.2, -0.15) is 13.2 Å². The minimum Gasteiger partial charge on any atom is -0.506 e. The number of hydrogen-bond acceptors (Lipinski definition) is 7. The van der Waals surface area contributed by atoms with Gasteiger partial charge in [0.2, 0.25) is 10.0 Å². The van der Waals surface area contributed by atoms with E-state index in [2.05, 4.69) is 21.5 Å². The average Bonchev–Trinajstić information content (AvgIpc) is 2.94. The first-order chi connectivity index (χ1) is 20.0. The number of rotatable bonds is 4. The minimum absolute atomic E-state index is 0.0143. The normalized spacial score (nSPS) is 14.1. The molecule has 1 aliphatic rings. The van der Waals surface area contributed by atoms with E-state index in [1.807, 2.05) is 4.90 Å². The lowest BCUT2D eigenvalue weighted by Crippen LogP contribution is -2.48. The Balaban J connectivity index is 1.45. The number of pyridine rings is 1. The SMILES string of the molecule is CC(C)(C)S(=O)(=O)NC(=O)c1ccc(N2CCN(C(=O)c3cc(C#Cc4cncc(O)c4)cc(C(F)(F)F)c3)CC2)cc1. The molecule has 2 heterocycles. The molecule has 1 fully saturated rings. The summed E-state index contributed by atoms with van der Waals surface area (Å²) < 4.78 is 66.4. The van der Waals surface area contributed by atoms with E-state index < -0.39 is 38.3 Å². The highest BCUT2D eigenvalue weighted by molar-refractivity contribution is 7.91. The van der Waals surface area contributed by atoms with Crippen LogP contribution in [0.2, 0.25) is 0 Å². The van der Waals surface area contributed by atoms with Crippen LogP contribution in [0, 0.1) is 11.8 Å². The van der Waals surface area contributed by atoms with Crippen LogP contribution >= 0.6 is 0 Å². The van der Waals surface area contributed by atoms with Gasteiger partial charge in [0.15, 0.2) is 0 Å². The Morgan fingerprint density at radius 2 is 1.51 bits per heavy atom. The topological polar surface area (TPSA) is 120 Å². The largest absolute Gasteiger partial charge is 0.506 e. The van der Waals surface area contributed by atoms with Gasteiger partial charge in [0.1, 0.15) is 5.75 Å². The predicted molar refractivity (Wildman–Crippen MR) is 154 cm³/mol. The molecule has 0 saturated carbocycles. The maximum Gasteiger partial charge on any atom is 0.416 e. The molecule has 0 spiro atoms. The fourth-order valence-electron chi connectivity index (χ4n) is 4.14. The van der Waals surface area contributed by atoms with Crippen LogP contribution in [0.1, 0.15) is 58.2 Å². The number of amides is 2. The highest BCUT2D eigenvalue weighted by Crippen LogP contribution is 2.31. The van der Waals surface area contributed by atoms with Crippen LogP contribution in [-0.4, -0.2) is 66.1 Å². The number of anilines is 1. The Morgan fingerprint density at radius 3 is 2.09 bits per heavy atom. The third-order valence-electron chi connectivity index (χ3n) is 6.68. The van der Waals surface area contributed by atoms with Gasteiger partial charge in [-0.1, -0.05) is 11.8 Å². The van der Waals surface area contributed by atoms with Crippen molar-refractivity contribution in [1.29, 1.82) is 0 Å². The molecule has 0 radical (unpaired) electrons. The minimum atomic E-state index is -4.70. The Morgan fingerprint density at radius 1 is 0.884 bits per heavy atom. The third-order valence-corrected chi connectivity index (χ3v) is 8.74. The summed E-state index contributed by atoms with van der Waals surface area (Å²) in [5.41, 5.74) is 0.0242. The zero-order valence-corrected chi connectivity index (χ0v) is 24.4. The zero-order chi connectivity index (χ0) is 31.6. The molecule has 9 nitrogen and oxygen atoms in total. The molecule has 226 valence electrons. The van der Waals surface area contributed by atoms with E-state index in [9.17, 15) is 36.3 Å². The molecule has 1 aromatic heterocycles. The first kappa shape index (κ1) is 31.4. The average molecular weight is 615 g/mol. The summed E-state index contributed by atoms with van der Waals surface area (Å²) in [6.07, 6.45) is -2.15. The van der Waals surface area contributed by atoms with E-state index in [-0.39, 0.29) is 35.5 Å². The molecule has 1 saturated heterocycles. The quantitative estimate of drug-likeness (QED) is 0.426. The van der Waals surface area contributed by atoms with Gasteiger partial charge in [-0.25, -0.2) is 13.1 Å². The van der Waals surface area contributed by atoms with Gasteiger partial charge in [-0.3, -0.25) is 14.6 Å². The second-order valence-electron chi connectivity index (χ2n) is 10.9. The van der Waals surface area contributed by atoms with Crippen molar-refractivity contribution in [1.82, 2.24) is 14.6 Å². The van der Waals surface area contributed by atoms with Crippen molar-refractivity contribution in [3.8, 4) is 17.6 Å². The molecule has 13 heteroatoms. The maximum atomic E-state index is 13.6. The van der Waals surface area contributed by atoms with Crippen molar-refractivity contribution in [2.45, 2.75) is 31.7 Å². The molecule has 4 rings (SSSR count). The summed E-state index contributed by atoms with van der Waals surface area (Å²) in [4.78, 5) is 32.9. The lowest BCUT2D eigenvalue weighted by atomic mass is 10.0. The van der Waals surface area contributed by atoms with Gasteiger partial charge in [-0.05, 0) is 69.3 Å². The maximum absolute atomic E-state index is 13.6. The summed E-state index contributed by atoms with van der Waals surface area (Å²) in [7, 11) is -3.87. The molecule has 0 atom stereocenters. The molecule has 1 aliphatic heterocycles.